The van der Waals surface area contributed by atoms with E-state index in [-0.39, 0.29) is 17.4 Å². The zero-order valence-electron chi connectivity index (χ0n) is 16.1. The third-order valence-electron chi connectivity index (χ3n) is 5.07. The number of nitrogens with zero attached hydrogens (tertiary/aromatic N) is 1. The summed E-state index contributed by atoms with van der Waals surface area (Å²) in [7, 11) is 0. The molecule has 0 aromatic heterocycles. The van der Waals surface area contributed by atoms with E-state index in [4.69, 9.17) is 0 Å². The summed E-state index contributed by atoms with van der Waals surface area (Å²) in [5.74, 6) is -1.46. The van der Waals surface area contributed by atoms with Crippen molar-refractivity contribution >= 4 is 40.5 Å². The molecule has 0 bridgehead atoms. The van der Waals surface area contributed by atoms with Gasteiger partial charge in [0.1, 0.15) is 0 Å². The summed E-state index contributed by atoms with van der Waals surface area (Å²) in [6.45, 7) is 0.974. The number of benzene rings is 3. The van der Waals surface area contributed by atoms with Gasteiger partial charge in [0.05, 0.1) is 5.56 Å². The number of unbranched alkanes of at least 4 members (excludes halogenated alkanes) is 1. The quantitative estimate of drug-likeness (QED) is 0.323. The first-order chi connectivity index (χ1) is 14.6. The molecule has 0 unspecified atom stereocenters. The molecular formula is C23H20N2O4S. The van der Waals surface area contributed by atoms with Crippen LogP contribution >= 0.6 is 11.9 Å². The maximum Gasteiger partial charge on any atom is 0.336 e. The smallest absolute Gasteiger partial charge is 0.336 e. The first-order valence-electron chi connectivity index (χ1n) is 9.68. The maximum absolute atomic E-state index is 12.8. The Hall–Kier alpha value is -3.16. The van der Waals surface area contributed by atoms with Gasteiger partial charge in [-0.05, 0) is 54.4 Å². The van der Waals surface area contributed by atoms with E-state index < -0.39 is 5.97 Å². The second-order valence-corrected chi connectivity index (χ2v) is 7.91. The Bertz CT molecular complexity index is 1090. The summed E-state index contributed by atoms with van der Waals surface area (Å²) in [6.07, 6.45) is 1.40. The highest BCUT2D eigenvalue weighted by Crippen LogP contribution is 2.30. The van der Waals surface area contributed by atoms with Crippen molar-refractivity contribution in [2.24, 2.45) is 0 Å². The molecule has 0 saturated heterocycles. The van der Waals surface area contributed by atoms with E-state index >= 15 is 0 Å². The molecule has 7 heteroatoms. The van der Waals surface area contributed by atoms with Gasteiger partial charge in [0, 0.05) is 34.5 Å². The van der Waals surface area contributed by atoms with Crippen molar-refractivity contribution < 1.29 is 19.5 Å². The first kappa shape index (κ1) is 20.1. The van der Waals surface area contributed by atoms with Crippen LogP contribution in [-0.4, -0.2) is 40.9 Å². The van der Waals surface area contributed by atoms with Gasteiger partial charge in [0.2, 0.25) is 0 Å². The Balaban J connectivity index is 1.33. The lowest BCUT2D eigenvalue weighted by molar-refractivity contribution is 0.0606. The molecule has 1 heterocycles. The van der Waals surface area contributed by atoms with Crippen LogP contribution in [0.1, 0.15) is 43.9 Å². The van der Waals surface area contributed by atoms with Crippen LogP contribution in [0, 0.1) is 0 Å². The fourth-order valence-corrected chi connectivity index (χ4v) is 4.43. The SMILES string of the molecule is O=C(O)c1ccccc1SNCCCCN1C(=O)c2cccc3cccc(c23)C1=O. The number of rotatable bonds is 8. The second-order valence-electron chi connectivity index (χ2n) is 6.98. The van der Waals surface area contributed by atoms with Crippen molar-refractivity contribution in [2.45, 2.75) is 17.7 Å². The van der Waals surface area contributed by atoms with Crippen molar-refractivity contribution in [2.75, 3.05) is 13.1 Å². The molecule has 2 amide bonds. The van der Waals surface area contributed by atoms with Gasteiger partial charge in [0.15, 0.2) is 0 Å². The fraction of sp³-hybridized carbons (Fsp3) is 0.174. The van der Waals surface area contributed by atoms with Crippen LogP contribution in [0.4, 0.5) is 0 Å². The van der Waals surface area contributed by atoms with E-state index in [0.717, 1.165) is 17.2 Å². The van der Waals surface area contributed by atoms with Crippen LogP contribution in [0.25, 0.3) is 10.8 Å². The van der Waals surface area contributed by atoms with Gasteiger partial charge in [-0.2, -0.15) is 0 Å². The van der Waals surface area contributed by atoms with Crippen LogP contribution in [0.5, 0.6) is 0 Å². The highest BCUT2D eigenvalue weighted by Gasteiger charge is 2.31. The van der Waals surface area contributed by atoms with Gasteiger partial charge in [-0.15, -0.1) is 0 Å². The highest BCUT2D eigenvalue weighted by molar-refractivity contribution is 7.97. The fourth-order valence-electron chi connectivity index (χ4n) is 3.61. The normalized spacial score (nSPS) is 13.1. The third kappa shape index (κ3) is 3.81. The van der Waals surface area contributed by atoms with Crippen LogP contribution in [0.2, 0.25) is 0 Å². The van der Waals surface area contributed by atoms with E-state index in [2.05, 4.69) is 4.72 Å². The van der Waals surface area contributed by atoms with Gasteiger partial charge in [-0.25, -0.2) is 4.79 Å². The Morgan fingerprint density at radius 2 is 1.57 bits per heavy atom. The zero-order chi connectivity index (χ0) is 21.1. The number of amides is 2. The maximum atomic E-state index is 12.8. The number of carboxylic acids is 1. The predicted octanol–water partition coefficient (Wildman–Crippen LogP) is 4.21. The topological polar surface area (TPSA) is 86.7 Å². The summed E-state index contributed by atoms with van der Waals surface area (Å²) in [5, 5.41) is 10.8. The van der Waals surface area contributed by atoms with Crippen LogP contribution in [-0.2, 0) is 0 Å². The number of carbonyl (C=O) groups is 3. The van der Waals surface area contributed by atoms with Gasteiger partial charge in [-0.1, -0.05) is 36.4 Å². The second kappa shape index (κ2) is 8.69. The van der Waals surface area contributed by atoms with Crippen molar-refractivity contribution in [1.82, 2.24) is 9.62 Å². The lowest BCUT2D eigenvalue weighted by atomic mass is 9.94. The average Bonchev–Trinajstić information content (AvgIpc) is 2.76. The molecule has 1 aliphatic rings. The number of nitrogens with one attached hydrogen (secondary N) is 1. The van der Waals surface area contributed by atoms with Crippen molar-refractivity contribution in [1.29, 1.82) is 0 Å². The van der Waals surface area contributed by atoms with Crippen LogP contribution in [0.3, 0.4) is 0 Å². The molecule has 6 nitrogen and oxygen atoms in total. The summed E-state index contributed by atoms with van der Waals surface area (Å²) in [4.78, 5) is 38.9. The molecule has 152 valence electrons. The third-order valence-corrected chi connectivity index (χ3v) is 5.99. The summed E-state index contributed by atoms with van der Waals surface area (Å²) in [6, 6.07) is 17.8. The monoisotopic (exact) mass is 420 g/mol. The average molecular weight is 420 g/mol. The number of hydrogen-bond donors (Lipinski definition) is 2. The van der Waals surface area contributed by atoms with E-state index in [9.17, 15) is 19.5 Å². The van der Waals surface area contributed by atoms with Crippen molar-refractivity contribution in [3.63, 3.8) is 0 Å². The van der Waals surface area contributed by atoms with Gasteiger partial charge < -0.3 is 5.11 Å². The van der Waals surface area contributed by atoms with Crippen molar-refractivity contribution in [3.8, 4) is 0 Å². The Morgan fingerprint density at radius 1 is 0.900 bits per heavy atom. The zero-order valence-corrected chi connectivity index (χ0v) is 16.9. The minimum Gasteiger partial charge on any atom is -0.478 e. The van der Waals surface area contributed by atoms with E-state index in [0.29, 0.717) is 35.5 Å². The molecule has 0 saturated carbocycles. The van der Waals surface area contributed by atoms with E-state index in [1.165, 1.54) is 16.8 Å². The standard InChI is InChI=1S/C23H20N2O4S/c26-21-17-10-5-7-15-8-6-11-18(20(15)17)22(27)25(21)14-4-3-13-24-30-19-12-2-1-9-16(19)23(28)29/h1-2,5-12,24H,3-4,13-14H2,(H,28,29). The number of hydrogen-bond acceptors (Lipinski definition) is 5. The molecule has 2 N–H and O–H groups in total. The molecule has 4 rings (SSSR count). The number of imide groups is 1. The molecular weight excluding hydrogens is 400 g/mol. The molecule has 0 aliphatic carbocycles. The first-order valence-corrected chi connectivity index (χ1v) is 10.5. The lowest BCUT2D eigenvalue weighted by Gasteiger charge is -2.27. The predicted molar refractivity (Wildman–Crippen MR) is 116 cm³/mol. The van der Waals surface area contributed by atoms with E-state index in [1.54, 1.807) is 36.4 Å². The van der Waals surface area contributed by atoms with Gasteiger partial charge >= 0.3 is 5.97 Å². The Morgan fingerprint density at radius 3 is 2.23 bits per heavy atom. The summed E-state index contributed by atoms with van der Waals surface area (Å²) in [5.41, 5.74) is 1.40. The van der Waals surface area contributed by atoms with Gasteiger partial charge in [0.25, 0.3) is 11.8 Å². The number of carbonyl (C=O) groups excluding carboxylic acids is 2. The highest BCUT2D eigenvalue weighted by atomic mass is 32.2. The minimum atomic E-state index is -0.961. The number of aromatic carboxylic acids is 1. The van der Waals surface area contributed by atoms with Crippen LogP contribution in [0.15, 0.2) is 65.6 Å². The molecule has 0 radical (unpaired) electrons. The van der Waals surface area contributed by atoms with Crippen molar-refractivity contribution in [3.05, 3.63) is 77.4 Å². The molecule has 0 fully saturated rings. The Kier molecular flexibility index (Phi) is 5.83. The molecule has 0 atom stereocenters. The van der Waals surface area contributed by atoms with E-state index in [1.807, 2.05) is 24.3 Å². The number of carboxylic acid groups (broad SMARTS) is 1. The van der Waals surface area contributed by atoms with Gasteiger partial charge in [-0.3, -0.25) is 19.2 Å². The molecule has 3 aromatic rings. The largest absolute Gasteiger partial charge is 0.478 e. The minimum absolute atomic E-state index is 0.248. The van der Waals surface area contributed by atoms with Crippen LogP contribution < -0.4 is 4.72 Å². The lowest BCUT2D eigenvalue weighted by Crippen LogP contribution is -2.41. The summed E-state index contributed by atoms with van der Waals surface area (Å²) < 4.78 is 3.15. The Labute approximate surface area is 178 Å². The molecule has 1 aliphatic heterocycles. The molecule has 30 heavy (non-hydrogen) atoms. The molecule has 0 spiro atoms. The molecule has 3 aromatic carbocycles. The summed E-state index contributed by atoms with van der Waals surface area (Å²) >= 11 is 1.27.